The van der Waals surface area contributed by atoms with Crippen LogP contribution < -0.4 is 21.3 Å². The van der Waals surface area contributed by atoms with Crippen molar-refractivity contribution in [3.63, 3.8) is 0 Å². The monoisotopic (exact) mass is 1130 g/mol. The molecule has 2 amide bonds. The Kier molecular flexibility index (Phi) is 14.3. The number of halogens is 1. The number of phenolic OH excluding ortho intramolecular Hbond substituents is 2. The average Bonchev–Trinajstić information content (AvgIpc) is 3.26. The summed E-state index contributed by atoms with van der Waals surface area (Å²) in [5.41, 5.74) is 3.94. The topological polar surface area (TPSA) is 415 Å². The number of aliphatic hydroxyl groups excluding tert-OH is 4. The Hall–Kier alpha value is -6.91. The number of nitrogens with zero attached hydrogens (tertiary/aromatic N) is 4. The first-order chi connectivity index (χ1) is 33.3. The van der Waals surface area contributed by atoms with Crippen molar-refractivity contribution in [2.75, 3.05) is 66.2 Å². The molecule has 0 heterocycles. The molecule has 2 aromatic carbocycles. The highest BCUT2D eigenvalue weighted by Crippen LogP contribution is 2.56. The van der Waals surface area contributed by atoms with Crippen LogP contribution in [0.3, 0.4) is 0 Å². The third-order valence-corrected chi connectivity index (χ3v) is 15.6. The molecule has 2 unspecified atom stereocenters. The summed E-state index contributed by atoms with van der Waals surface area (Å²) in [6.45, 7) is 0. The van der Waals surface area contributed by atoms with Crippen molar-refractivity contribution in [2.45, 2.75) is 49.0 Å². The minimum atomic E-state index is -2.81. The van der Waals surface area contributed by atoms with Crippen molar-refractivity contribution in [3.8, 4) is 11.5 Å². The number of rotatable bonds is 8. The number of carbonyl (C=O) groups is 8. The lowest BCUT2D eigenvalue weighted by Crippen LogP contribution is -2.65. The maximum absolute atomic E-state index is 13.8. The first-order valence-electron chi connectivity index (χ1n) is 22.2. The van der Waals surface area contributed by atoms with Gasteiger partial charge in [0, 0.05) is 62.5 Å². The molecule has 392 valence electrons. The molecule has 0 spiro atoms. The summed E-state index contributed by atoms with van der Waals surface area (Å²) in [6, 6.07) is 0.624. The van der Waals surface area contributed by atoms with Crippen LogP contribution in [0.1, 0.15) is 45.5 Å². The number of likely N-dealkylation sites (N-methyl/N-ethyl adjacent to an activating group) is 2. The number of phenols is 2. The molecule has 0 saturated heterocycles. The van der Waals surface area contributed by atoms with Crippen molar-refractivity contribution in [1.82, 2.24) is 9.80 Å². The van der Waals surface area contributed by atoms with Crippen LogP contribution >= 0.6 is 22.6 Å². The number of carboxylic acids is 1. The Morgan fingerprint density at radius 2 is 0.973 bits per heavy atom. The maximum atomic E-state index is 13.8. The van der Waals surface area contributed by atoms with Crippen molar-refractivity contribution < 1.29 is 89.8 Å². The van der Waals surface area contributed by atoms with Gasteiger partial charge in [0.25, 0.3) is 17.6 Å². The van der Waals surface area contributed by atoms with Crippen LogP contribution in [0, 0.1) is 27.2 Å². The SMILES string of the molecule is CN(C)c1cc(C(=O)C(=O)O)c(O)c2c1C[C@H]1C[C@H]3[C@H](N(C)C)C(=O)C(C(N)=O)=C(O)[C@@]3(O)C(=O)C1=C2O.CN(C)c1cc(I)c(O)c2c1CC1CC3[C@H](N(C)C)C(=O)C(C(N)=O)=C(O)[C@@]3(O)C(=O)C1=C2O.O. The fourth-order valence-corrected chi connectivity index (χ4v) is 12.2. The number of amides is 2. The maximum Gasteiger partial charge on any atom is 0.377 e. The second-order valence-electron chi connectivity index (χ2n) is 19.6. The van der Waals surface area contributed by atoms with E-state index in [0.717, 1.165) is 5.69 Å². The average molecular weight is 1130 g/mol. The molecular weight excluding hydrogens is 1080 g/mol. The van der Waals surface area contributed by atoms with Gasteiger partial charge in [-0.25, -0.2) is 4.79 Å². The standard InChI is InChI=1S/C25H27N3O10.C23H26IN3O7.H2O/c1-27(2)12-7-10(18(30)24(36)37)17(29)14-9(12)5-8-6-11-16(28(3)4)20(32)15(23(26)35)22(34)25(11,38)21(33)13(8)19(14)31;1-26(2)12-7-11(24)17(28)14-9(12)5-8-6-10-16(27(3)4)19(30)15(22(25)33)21(32)23(10,34)20(31)13(8)18(14)29;/h7-8,11,16,29,31,34,38H,5-6H2,1-4H3,(H2,26,35)(H,36,37);7-8,10,16,28-29,32,34H,5-6H2,1-4H3,(H2,25,33);1H2/t8-,11-,16-,25-;8?,10?,16-,23-;/m00./s1. The lowest BCUT2D eigenvalue weighted by atomic mass is 9.57. The van der Waals surface area contributed by atoms with E-state index in [9.17, 15) is 84.3 Å². The zero-order valence-corrected chi connectivity index (χ0v) is 42.7. The number of primary amides is 2. The lowest BCUT2D eigenvalue weighted by Gasteiger charge is -2.50. The van der Waals surface area contributed by atoms with E-state index in [0.29, 0.717) is 20.4 Å². The predicted octanol–water partition coefficient (Wildman–Crippen LogP) is -0.893. The van der Waals surface area contributed by atoms with Crippen LogP contribution in [0.4, 0.5) is 11.4 Å². The van der Waals surface area contributed by atoms with Gasteiger partial charge >= 0.3 is 5.97 Å². The van der Waals surface area contributed by atoms with Crippen molar-refractivity contribution in [2.24, 2.45) is 35.1 Å². The van der Waals surface area contributed by atoms with Crippen LogP contribution in [-0.4, -0.2) is 188 Å². The second kappa shape index (κ2) is 18.9. The normalized spacial score (nSPS) is 27.2. The predicted molar refractivity (Wildman–Crippen MR) is 265 cm³/mol. The molecule has 0 aliphatic heterocycles. The molecule has 0 radical (unpaired) electrons. The van der Waals surface area contributed by atoms with Crippen LogP contribution in [0.15, 0.2) is 45.9 Å². The Morgan fingerprint density at radius 3 is 1.30 bits per heavy atom. The Labute approximate surface area is 429 Å². The first-order valence-corrected chi connectivity index (χ1v) is 23.2. The van der Waals surface area contributed by atoms with Gasteiger partial charge in [-0.1, -0.05) is 0 Å². The molecule has 6 aliphatic carbocycles. The molecule has 25 heteroatoms. The van der Waals surface area contributed by atoms with E-state index >= 15 is 0 Å². The van der Waals surface area contributed by atoms with Gasteiger partial charge in [-0.05, 0) is 112 Å². The number of anilines is 2. The zero-order chi connectivity index (χ0) is 54.0. The van der Waals surface area contributed by atoms with E-state index in [4.69, 9.17) is 11.5 Å². The molecule has 2 aromatic rings. The molecule has 2 fully saturated rings. The Balaban J connectivity index is 0.000000236. The smallest absolute Gasteiger partial charge is 0.377 e. The number of ketones is 5. The number of fused-ring (bicyclic) bond motifs is 6. The van der Waals surface area contributed by atoms with Gasteiger partial charge in [-0.3, -0.25) is 43.4 Å². The van der Waals surface area contributed by atoms with Gasteiger partial charge in [0.2, 0.25) is 11.6 Å². The zero-order valence-electron chi connectivity index (χ0n) is 40.6. The molecule has 8 atom stereocenters. The van der Waals surface area contributed by atoms with Crippen LogP contribution in [-0.2, 0) is 46.4 Å². The molecule has 8 rings (SSSR count). The van der Waals surface area contributed by atoms with Gasteiger partial charge in [-0.2, -0.15) is 0 Å². The third kappa shape index (κ3) is 7.90. The number of carbonyl (C=O) groups excluding carboxylic acids is 7. The van der Waals surface area contributed by atoms with Crippen molar-refractivity contribution in [3.05, 3.63) is 77.3 Å². The lowest BCUT2D eigenvalue weighted by molar-refractivity contribution is -0.155. The summed E-state index contributed by atoms with van der Waals surface area (Å²) in [5, 5.41) is 98.3. The largest absolute Gasteiger partial charge is 0.508 e. The highest BCUT2D eigenvalue weighted by molar-refractivity contribution is 14.1. The molecule has 15 N–H and O–H groups in total. The number of hydrogen-bond donors (Lipinski definition) is 11. The van der Waals surface area contributed by atoms with Crippen LogP contribution in [0.2, 0.25) is 0 Å². The van der Waals surface area contributed by atoms with Crippen LogP contribution in [0.25, 0.3) is 11.5 Å². The van der Waals surface area contributed by atoms with Crippen LogP contribution in [0.5, 0.6) is 11.5 Å². The molecule has 0 bridgehead atoms. The highest BCUT2D eigenvalue weighted by Gasteiger charge is 2.66. The van der Waals surface area contributed by atoms with E-state index in [-0.39, 0.29) is 53.6 Å². The van der Waals surface area contributed by atoms with Gasteiger partial charge < -0.3 is 72.7 Å². The van der Waals surface area contributed by atoms with Gasteiger partial charge in [-0.15, -0.1) is 0 Å². The van der Waals surface area contributed by atoms with Gasteiger partial charge in [0.1, 0.15) is 45.7 Å². The van der Waals surface area contributed by atoms with E-state index in [1.165, 1.54) is 34.9 Å². The molecule has 73 heavy (non-hydrogen) atoms. The molecular formula is C48H55IN6O18. The minimum absolute atomic E-state index is 0. The summed E-state index contributed by atoms with van der Waals surface area (Å²) in [4.78, 5) is 108. The Morgan fingerprint density at radius 1 is 0.616 bits per heavy atom. The number of nitrogens with two attached hydrogens (primary N) is 2. The van der Waals surface area contributed by atoms with Gasteiger partial charge in [0.15, 0.2) is 22.8 Å². The number of aromatic hydroxyl groups is 2. The Bertz CT molecular complexity index is 3030. The fraction of sp³-hybridized carbons (Fsp3) is 0.417. The van der Waals surface area contributed by atoms with Gasteiger partial charge in [0.05, 0.1) is 32.3 Å². The second-order valence-corrected chi connectivity index (χ2v) is 20.7. The molecule has 0 aromatic heterocycles. The van der Waals surface area contributed by atoms with E-state index in [2.05, 4.69) is 0 Å². The fourth-order valence-electron chi connectivity index (χ4n) is 11.6. The number of carboxylic acid groups (broad SMARTS) is 1. The quantitative estimate of drug-likeness (QED) is 0.0661. The van der Waals surface area contributed by atoms with Crippen molar-refractivity contribution in [1.29, 1.82) is 0 Å². The number of hydrogen-bond acceptors (Lipinski definition) is 20. The molecule has 6 aliphatic rings. The van der Waals surface area contributed by atoms with E-state index in [1.54, 1.807) is 34.3 Å². The van der Waals surface area contributed by atoms with E-state index in [1.807, 2.05) is 41.6 Å². The molecule has 24 nitrogen and oxygen atoms in total. The van der Waals surface area contributed by atoms with Crippen molar-refractivity contribution >= 4 is 92.2 Å². The summed E-state index contributed by atoms with van der Waals surface area (Å²) in [7, 11) is 13.0. The number of benzene rings is 2. The summed E-state index contributed by atoms with van der Waals surface area (Å²) < 4.78 is 0.459. The number of aliphatic hydroxyl groups is 6. The number of aliphatic carboxylic acids is 1. The first kappa shape index (κ1) is 55.4. The minimum Gasteiger partial charge on any atom is -0.508 e. The number of Topliss-reactive ketones (excluding diaryl/α,β-unsaturated/α-hetero) is 5. The molecule has 2 saturated carbocycles. The third-order valence-electron chi connectivity index (χ3n) is 14.8. The summed E-state index contributed by atoms with van der Waals surface area (Å²) in [6.07, 6.45) is 0.213. The highest BCUT2D eigenvalue weighted by atomic mass is 127. The van der Waals surface area contributed by atoms with E-state index < -0.39 is 145 Å². The summed E-state index contributed by atoms with van der Waals surface area (Å²) >= 11 is 1.92. The summed E-state index contributed by atoms with van der Waals surface area (Å²) in [5.74, 6) is -18.2.